The van der Waals surface area contributed by atoms with E-state index in [0.717, 1.165) is 17.0 Å². The second-order valence-corrected chi connectivity index (χ2v) is 4.10. The molecule has 1 heterocycles. The minimum absolute atomic E-state index is 0.343. The van der Waals surface area contributed by atoms with Gasteiger partial charge in [-0.25, -0.2) is 0 Å². The fraction of sp³-hybridized carbons (Fsp3) is 0.154. The van der Waals surface area contributed by atoms with Gasteiger partial charge in [-0.2, -0.15) is 0 Å². The maximum atomic E-state index is 5.94. The number of aromatic nitrogens is 1. The number of hydrogen-bond donors (Lipinski definition) is 1. The quantitative estimate of drug-likeness (QED) is 0.907. The molecule has 0 spiro atoms. The Bertz CT molecular complexity index is 529. The van der Waals surface area contributed by atoms with E-state index in [-0.39, 0.29) is 0 Å². The predicted molar refractivity (Wildman–Crippen MR) is 68.4 cm³/mol. The molecule has 1 aromatic carbocycles. The van der Waals surface area contributed by atoms with E-state index in [1.807, 2.05) is 31.2 Å². The Morgan fingerprint density at radius 3 is 2.88 bits per heavy atom. The number of nitrogens with two attached hydrogens (primary N) is 1. The third-order valence-corrected chi connectivity index (χ3v) is 2.65. The summed E-state index contributed by atoms with van der Waals surface area (Å²) >= 11 is 5.94. The normalized spacial score (nSPS) is 10.3. The lowest BCUT2D eigenvalue weighted by Gasteiger charge is -2.11. The maximum Gasteiger partial charge on any atom is 0.150 e. The van der Waals surface area contributed by atoms with Gasteiger partial charge in [-0.1, -0.05) is 17.7 Å². The molecule has 0 saturated heterocycles. The molecule has 0 atom stereocenters. The second kappa shape index (κ2) is 5.17. The summed E-state index contributed by atoms with van der Waals surface area (Å²) in [5, 5.41) is 0.642. The van der Waals surface area contributed by atoms with Crippen LogP contribution >= 0.6 is 11.6 Å². The molecule has 0 radical (unpaired) electrons. The lowest BCUT2D eigenvalue weighted by Crippen LogP contribution is -2.02. The SMILES string of the molecule is Cc1ccc(Cl)cc1Oc1cccnc1CN. The summed E-state index contributed by atoms with van der Waals surface area (Å²) in [4.78, 5) is 4.16. The largest absolute Gasteiger partial charge is 0.455 e. The molecule has 2 aromatic rings. The average Bonchev–Trinajstić information content (AvgIpc) is 2.34. The third-order valence-electron chi connectivity index (χ3n) is 2.41. The molecule has 0 aliphatic heterocycles. The van der Waals surface area contributed by atoms with Crippen molar-refractivity contribution in [2.75, 3.05) is 0 Å². The minimum Gasteiger partial charge on any atom is -0.455 e. The van der Waals surface area contributed by atoms with Crippen LogP contribution < -0.4 is 10.5 Å². The fourth-order valence-electron chi connectivity index (χ4n) is 1.47. The van der Waals surface area contributed by atoms with Crippen molar-refractivity contribution < 1.29 is 4.74 Å². The summed E-state index contributed by atoms with van der Waals surface area (Å²) in [5.41, 5.74) is 7.35. The van der Waals surface area contributed by atoms with Gasteiger partial charge in [-0.3, -0.25) is 4.98 Å². The molecule has 0 aliphatic rings. The molecule has 4 heteroatoms. The Hall–Kier alpha value is -1.58. The molecule has 17 heavy (non-hydrogen) atoms. The summed E-state index contributed by atoms with van der Waals surface area (Å²) < 4.78 is 5.79. The minimum atomic E-state index is 0.343. The number of aryl methyl sites for hydroxylation is 1. The fourth-order valence-corrected chi connectivity index (χ4v) is 1.63. The van der Waals surface area contributed by atoms with Gasteiger partial charge in [0.25, 0.3) is 0 Å². The van der Waals surface area contributed by atoms with Crippen molar-refractivity contribution in [3.63, 3.8) is 0 Å². The number of pyridine rings is 1. The molecule has 0 aliphatic carbocycles. The topological polar surface area (TPSA) is 48.1 Å². The van der Waals surface area contributed by atoms with Crippen LogP contribution in [0.25, 0.3) is 0 Å². The first-order chi connectivity index (χ1) is 8.20. The van der Waals surface area contributed by atoms with Gasteiger partial charge in [-0.05, 0) is 36.8 Å². The van der Waals surface area contributed by atoms with Gasteiger partial charge in [-0.15, -0.1) is 0 Å². The van der Waals surface area contributed by atoms with E-state index in [9.17, 15) is 0 Å². The number of hydrogen-bond acceptors (Lipinski definition) is 3. The van der Waals surface area contributed by atoms with Crippen LogP contribution in [-0.2, 0) is 6.54 Å². The number of benzene rings is 1. The molecule has 2 N–H and O–H groups in total. The number of ether oxygens (including phenoxy) is 1. The zero-order chi connectivity index (χ0) is 12.3. The highest BCUT2D eigenvalue weighted by molar-refractivity contribution is 6.30. The van der Waals surface area contributed by atoms with Crippen molar-refractivity contribution >= 4 is 11.6 Å². The van der Waals surface area contributed by atoms with Crippen LogP contribution in [0.3, 0.4) is 0 Å². The molecule has 1 aromatic heterocycles. The number of rotatable bonds is 3. The van der Waals surface area contributed by atoms with E-state index in [2.05, 4.69) is 4.98 Å². The number of halogens is 1. The molecule has 3 nitrogen and oxygen atoms in total. The van der Waals surface area contributed by atoms with Crippen LogP contribution in [0.2, 0.25) is 5.02 Å². The van der Waals surface area contributed by atoms with Crippen molar-refractivity contribution in [2.45, 2.75) is 13.5 Å². The third kappa shape index (κ3) is 2.75. The Morgan fingerprint density at radius 2 is 2.12 bits per heavy atom. The van der Waals surface area contributed by atoms with E-state index < -0.39 is 0 Å². The zero-order valence-electron chi connectivity index (χ0n) is 9.48. The van der Waals surface area contributed by atoms with Crippen LogP contribution in [0.5, 0.6) is 11.5 Å². The van der Waals surface area contributed by atoms with Crippen LogP contribution in [0, 0.1) is 6.92 Å². The predicted octanol–water partition coefficient (Wildman–Crippen LogP) is 3.29. The summed E-state index contributed by atoms with van der Waals surface area (Å²) in [6, 6.07) is 9.18. The van der Waals surface area contributed by atoms with Crippen LogP contribution in [0.1, 0.15) is 11.3 Å². The van der Waals surface area contributed by atoms with Crippen molar-refractivity contribution in [2.24, 2.45) is 5.73 Å². The lowest BCUT2D eigenvalue weighted by atomic mass is 10.2. The molecular weight excluding hydrogens is 236 g/mol. The van der Waals surface area contributed by atoms with Crippen molar-refractivity contribution in [3.8, 4) is 11.5 Å². The van der Waals surface area contributed by atoms with Crippen molar-refractivity contribution in [3.05, 3.63) is 52.8 Å². The second-order valence-electron chi connectivity index (χ2n) is 3.66. The highest BCUT2D eigenvalue weighted by Gasteiger charge is 2.06. The highest BCUT2D eigenvalue weighted by Crippen LogP contribution is 2.29. The van der Waals surface area contributed by atoms with Gasteiger partial charge in [0.15, 0.2) is 0 Å². The molecule has 0 unspecified atom stereocenters. The standard InChI is InChI=1S/C13H13ClN2O/c1-9-4-5-10(14)7-13(9)17-12-3-2-6-16-11(12)8-15/h2-7H,8,15H2,1H3. The average molecular weight is 249 g/mol. The van der Waals surface area contributed by atoms with Crippen LogP contribution in [0.4, 0.5) is 0 Å². The first kappa shape index (κ1) is 11.9. The summed E-state index contributed by atoms with van der Waals surface area (Å²) in [7, 11) is 0. The van der Waals surface area contributed by atoms with E-state index in [4.69, 9.17) is 22.1 Å². The first-order valence-corrected chi connectivity index (χ1v) is 5.66. The van der Waals surface area contributed by atoms with E-state index >= 15 is 0 Å². The molecule has 0 saturated carbocycles. The molecule has 2 rings (SSSR count). The molecule has 0 fully saturated rings. The van der Waals surface area contributed by atoms with Gasteiger partial charge in [0.1, 0.15) is 11.5 Å². The van der Waals surface area contributed by atoms with Gasteiger partial charge in [0, 0.05) is 17.8 Å². The Kier molecular flexibility index (Phi) is 3.61. The van der Waals surface area contributed by atoms with Gasteiger partial charge in [0.2, 0.25) is 0 Å². The summed E-state index contributed by atoms with van der Waals surface area (Å²) in [5.74, 6) is 1.39. The Balaban J connectivity index is 2.34. The molecular formula is C13H13ClN2O. The molecule has 0 amide bonds. The summed E-state index contributed by atoms with van der Waals surface area (Å²) in [6.45, 7) is 2.31. The van der Waals surface area contributed by atoms with Crippen molar-refractivity contribution in [1.29, 1.82) is 0 Å². The Labute approximate surface area is 105 Å². The molecule has 0 bridgehead atoms. The summed E-state index contributed by atoms with van der Waals surface area (Å²) in [6.07, 6.45) is 1.69. The zero-order valence-corrected chi connectivity index (χ0v) is 10.2. The van der Waals surface area contributed by atoms with Crippen LogP contribution in [0.15, 0.2) is 36.5 Å². The molecule has 88 valence electrons. The smallest absolute Gasteiger partial charge is 0.150 e. The highest BCUT2D eigenvalue weighted by atomic mass is 35.5. The van der Waals surface area contributed by atoms with E-state index in [1.165, 1.54) is 0 Å². The van der Waals surface area contributed by atoms with Gasteiger partial charge < -0.3 is 10.5 Å². The Morgan fingerprint density at radius 1 is 1.29 bits per heavy atom. The lowest BCUT2D eigenvalue weighted by molar-refractivity contribution is 0.469. The van der Waals surface area contributed by atoms with E-state index in [0.29, 0.717) is 17.3 Å². The number of nitrogens with zero attached hydrogens (tertiary/aromatic N) is 1. The maximum absolute atomic E-state index is 5.94. The first-order valence-electron chi connectivity index (χ1n) is 5.28. The van der Waals surface area contributed by atoms with E-state index in [1.54, 1.807) is 12.3 Å². The van der Waals surface area contributed by atoms with Crippen LogP contribution in [-0.4, -0.2) is 4.98 Å². The van der Waals surface area contributed by atoms with Crippen molar-refractivity contribution in [1.82, 2.24) is 4.98 Å². The monoisotopic (exact) mass is 248 g/mol. The van der Waals surface area contributed by atoms with Gasteiger partial charge in [0.05, 0.1) is 5.69 Å². The van der Waals surface area contributed by atoms with Gasteiger partial charge >= 0.3 is 0 Å².